The summed E-state index contributed by atoms with van der Waals surface area (Å²) in [6.07, 6.45) is 6.60. The van der Waals surface area contributed by atoms with Gasteiger partial charge in [-0.2, -0.15) is 0 Å². The molecule has 1 aromatic carbocycles. The van der Waals surface area contributed by atoms with Crippen LogP contribution in [0.1, 0.15) is 51.0 Å². The van der Waals surface area contributed by atoms with Gasteiger partial charge in [0.05, 0.1) is 0 Å². The Kier molecular flexibility index (Phi) is 6.17. The van der Waals surface area contributed by atoms with E-state index in [1.807, 2.05) is 18.9 Å². The maximum absolute atomic E-state index is 11.9. The molecule has 2 N–H and O–H groups in total. The number of likely N-dealkylation sites (tertiary alicyclic amines) is 1. The Bertz CT molecular complexity index is 622. The van der Waals surface area contributed by atoms with Crippen LogP contribution >= 0.6 is 0 Å². The van der Waals surface area contributed by atoms with Gasteiger partial charge in [-0.3, -0.25) is 9.79 Å². The van der Waals surface area contributed by atoms with E-state index in [0.29, 0.717) is 6.42 Å². The number of nitrogens with zero attached hydrogens (tertiary/aromatic N) is 2. The maximum atomic E-state index is 11.9. The summed E-state index contributed by atoms with van der Waals surface area (Å²) in [7, 11) is 1.82. The summed E-state index contributed by atoms with van der Waals surface area (Å²) in [4.78, 5) is 18.2. The van der Waals surface area contributed by atoms with Crippen LogP contribution in [0.3, 0.4) is 0 Å². The van der Waals surface area contributed by atoms with Crippen molar-refractivity contribution in [2.45, 2.75) is 56.9 Å². The SMILES string of the molecule is CCC(=O)N1CCC(NC(=NC)NCC2(c3ccccc3)CCCC2)C1. The van der Waals surface area contributed by atoms with Crippen LogP contribution in [0.2, 0.25) is 0 Å². The normalized spacial score (nSPS) is 22.5. The second-order valence-corrected chi connectivity index (χ2v) is 7.60. The molecule has 1 amide bonds. The molecule has 0 bridgehead atoms. The van der Waals surface area contributed by atoms with Crippen LogP contribution in [0.5, 0.6) is 0 Å². The van der Waals surface area contributed by atoms with Gasteiger partial charge in [-0.15, -0.1) is 0 Å². The smallest absolute Gasteiger partial charge is 0.222 e. The molecule has 5 heteroatoms. The molecule has 1 saturated heterocycles. The molecule has 1 heterocycles. The minimum absolute atomic E-state index is 0.207. The standard InChI is InChI=1S/C21H32N4O/c1-3-19(26)25-14-11-18(15-25)24-20(22-2)23-16-21(12-7-8-13-21)17-9-5-4-6-10-17/h4-6,9-10,18H,3,7-8,11-16H2,1-2H3,(H2,22,23,24). The first-order chi connectivity index (χ1) is 12.7. The molecule has 3 rings (SSSR count). The number of hydrogen-bond acceptors (Lipinski definition) is 2. The summed E-state index contributed by atoms with van der Waals surface area (Å²) in [5.74, 6) is 1.09. The fourth-order valence-electron chi connectivity index (χ4n) is 4.38. The van der Waals surface area contributed by atoms with E-state index in [1.54, 1.807) is 0 Å². The Labute approximate surface area is 157 Å². The van der Waals surface area contributed by atoms with Crippen LogP contribution in [0.4, 0.5) is 0 Å². The summed E-state index contributed by atoms with van der Waals surface area (Å²) in [5.41, 5.74) is 1.64. The lowest BCUT2D eigenvalue weighted by molar-refractivity contribution is -0.129. The second kappa shape index (κ2) is 8.56. The molecule has 5 nitrogen and oxygen atoms in total. The van der Waals surface area contributed by atoms with E-state index in [0.717, 1.165) is 32.0 Å². The zero-order valence-electron chi connectivity index (χ0n) is 16.1. The van der Waals surface area contributed by atoms with Crippen molar-refractivity contribution in [3.8, 4) is 0 Å². The van der Waals surface area contributed by atoms with Gasteiger partial charge < -0.3 is 15.5 Å². The summed E-state index contributed by atoms with van der Waals surface area (Å²) in [6, 6.07) is 11.2. The first-order valence-electron chi connectivity index (χ1n) is 9.97. The minimum atomic E-state index is 0.207. The Morgan fingerprint density at radius 1 is 1.27 bits per heavy atom. The van der Waals surface area contributed by atoms with E-state index < -0.39 is 0 Å². The van der Waals surface area contributed by atoms with Crippen molar-refractivity contribution in [3.63, 3.8) is 0 Å². The molecule has 1 aliphatic carbocycles. The molecule has 2 aliphatic rings. The number of rotatable bonds is 5. The van der Waals surface area contributed by atoms with Crippen molar-refractivity contribution in [3.05, 3.63) is 35.9 Å². The number of guanidine groups is 1. The second-order valence-electron chi connectivity index (χ2n) is 7.60. The van der Waals surface area contributed by atoms with Gasteiger partial charge >= 0.3 is 0 Å². The molecule has 0 spiro atoms. The highest BCUT2D eigenvalue weighted by Gasteiger charge is 2.35. The quantitative estimate of drug-likeness (QED) is 0.630. The fraction of sp³-hybridized carbons (Fsp3) is 0.619. The first-order valence-corrected chi connectivity index (χ1v) is 9.97. The van der Waals surface area contributed by atoms with Gasteiger partial charge in [0.15, 0.2) is 5.96 Å². The number of hydrogen-bond donors (Lipinski definition) is 2. The predicted octanol–water partition coefficient (Wildman–Crippen LogP) is 2.67. The molecule has 1 unspecified atom stereocenters. The van der Waals surface area contributed by atoms with Crippen molar-refractivity contribution in [1.82, 2.24) is 15.5 Å². The molecule has 1 aromatic rings. The molecule has 1 aliphatic heterocycles. The lowest BCUT2D eigenvalue weighted by atomic mass is 9.79. The van der Waals surface area contributed by atoms with Gasteiger partial charge in [0, 0.05) is 44.6 Å². The molecular formula is C21H32N4O. The maximum Gasteiger partial charge on any atom is 0.222 e. The number of aliphatic imine (C=N–C) groups is 1. The Morgan fingerprint density at radius 3 is 2.65 bits per heavy atom. The number of amides is 1. The fourth-order valence-corrected chi connectivity index (χ4v) is 4.38. The van der Waals surface area contributed by atoms with Crippen LogP contribution in [-0.2, 0) is 10.2 Å². The van der Waals surface area contributed by atoms with Crippen molar-refractivity contribution < 1.29 is 4.79 Å². The Hall–Kier alpha value is -2.04. The average Bonchev–Trinajstić information content (AvgIpc) is 3.35. The lowest BCUT2D eigenvalue weighted by Gasteiger charge is -2.31. The molecule has 2 fully saturated rings. The Balaban J connectivity index is 1.58. The molecule has 26 heavy (non-hydrogen) atoms. The molecule has 1 atom stereocenters. The monoisotopic (exact) mass is 356 g/mol. The largest absolute Gasteiger partial charge is 0.356 e. The summed E-state index contributed by atoms with van der Waals surface area (Å²) < 4.78 is 0. The van der Waals surface area contributed by atoms with Gasteiger partial charge in [-0.25, -0.2) is 0 Å². The van der Waals surface area contributed by atoms with Gasteiger partial charge in [-0.05, 0) is 24.8 Å². The van der Waals surface area contributed by atoms with Gasteiger partial charge in [0.1, 0.15) is 0 Å². The number of carbonyl (C=O) groups is 1. The van der Waals surface area contributed by atoms with Crippen molar-refractivity contribution in [2.24, 2.45) is 4.99 Å². The van der Waals surface area contributed by atoms with Gasteiger partial charge in [0.25, 0.3) is 0 Å². The van der Waals surface area contributed by atoms with E-state index in [-0.39, 0.29) is 17.4 Å². The average molecular weight is 357 g/mol. The highest BCUT2D eigenvalue weighted by atomic mass is 16.2. The number of nitrogens with one attached hydrogen (secondary N) is 2. The van der Waals surface area contributed by atoms with Crippen molar-refractivity contribution >= 4 is 11.9 Å². The Morgan fingerprint density at radius 2 is 2.00 bits per heavy atom. The lowest BCUT2D eigenvalue weighted by Crippen LogP contribution is -2.48. The van der Waals surface area contributed by atoms with Crippen molar-refractivity contribution in [2.75, 3.05) is 26.7 Å². The van der Waals surface area contributed by atoms with Crippen LogP contribution < -0.4 is 10.6 Å². The third kappa shape index (κ3) is 4.19. The zero-order valence-corrected chi connectivity index (χ0v) is 16.1. The molecule has 0 aromatic heterocycles. The van der Waals surface area contributed by atoms with Gasteiger partial charge in [0.2, 0.25) is 5.91 Å². The van der Waals surface area contributed by atoms with E-state index in [9.17, 15) is 4.79 Å². The third-order valence-electron chi connectivity index (χ3n) is 5.95. The summed E-state index contributed by atoms with van der Waals surface area (Å²) in [5, 5.41) is 7.08. The van der Waals surface area contributed by atoms with Crippen LogP contribution in [0, 0.1) is 0 Å². The summed E-state index contributed by atoms with van der Waals surface area (Å²) in [6.45, 7) is 4.45. The number of carbonyl (C=O) groups excluding carboxylic acids is 1. The minimum Gasteiger partial charge on any atom is -0.356 e. The van der Waals surface area contributed by atoms with Crippen molar-refractivity contribution in [1.29, 1.82) is 0 Å². The van der Waals surface area contributed by atoms with Crippen LogP contribution in [0.15, 0.2) is 35.3 Å². The summed E-state index contributed by atoms with van der Waals surface area (Å²) >= 11 is 0. The van der Waals surface area contributed by atoms with E-state index in [2.05, 4.69) is 46.0 Å². The van der Waals surface area contributed by atoms with E-state index in [1.165, 1.54) is 31.2 Å². The van der Waals surface area contributed by atoms with Crippen LogP contribution in [-0.4, -0.2) is 49.5 Å². The van der Waals surface area contributed by atoms with Gasteiger partial charge in [-0.1, -0.05) is 50.1 Å². The molecule has 142 valence electrons. The molecule has 0 radical (unpaired) electrons. The topological polar surface area (TPSA) is 56.7 Å². The number of benzene rings is 1. The third-order valence-corrected chi connectivity index (χ3v) is 5.95. The predicted molar refractivity (Wildman–Crippen MR) is 106 cm³/mol. The van der Waals surface area contributed by atoms with Crippen LogP contribution in [0.25, 0.3) is 0 Å². The molecular weight excluding hydrogens is 324 g/mol. The zero-order chi connectivity index (χ0) is 18.4. The highest BCUT2D eigenvalue weighted by Crippen LogP contribution is 2.40. The van der Waals surface area contributed by atoms with E-state index in [4.69, 9.17) is 0 Å². The first kappa shape index (κ1) is 18.7. The van der Waals surface area contributed by atoms with E-state index >= 15 is 0 Å². The molecule has 1 saturated carbocycles. The highest BCUT2D eigenvalue weighted by molar-refractivity contribution is 5.80.